The number of fused-ring (bicyclic) bond motifs is 1. The van der Waals surface area contributed by atoms with E-state index in [0.29, 0.717) is 18.1 Å². The Morgan fingerprint density at radius 1 is 1.48 bits per heavy atom. The van der Waals surface area contributed by atoms with E-state index in [1.54, 1.807) is 4.90 Å². The van der Waals surface area contributed by atoms with Crippen molar-refractivity contribution in [2.45, 2.75) is 33.1 Å². The first-order valence-corrected chi connectivity index (χ1v) is 8.84. The molecule has 6 heteroatoms. The number of unbranched alkanes of at least 4 members (excludes halogenated alkanes) is 1. The molecule has 1 aromatic carbocycles. The van der Waals surface area contributed by atoms with Crippen LogP contribution in [0.3, 0.4) is 0 Å². The number of rotatable bonds is 5. The van der Waals surface area contributed by atoms with Crippen LogP contribution in [0.2, 0.25) is 0 Å². The number of carbonyl (C=O) groups excluding carboxylic acids is 2. The molecule has 1 aliphatic rings. The van der Waals surface area contributed by atoms with E-state index in [1.165, 1.54) is 16.9 Å². The van der Waals surface area contributed by atoms with Crippen molar-refractivity contribution in [1.82, 2.24) is 9.88 Å². The average Bonchev–Trinajstić information content (AvgIpc) is 3.07. The Bertz CT molecular complexity index is 741. The maximum Gasteiger partial charge on any atom is 0.231 e. The van der Waals surface area contributed by atoms with Gasteiger partial charge < -0.3 is 10.2 Å². The minimum Gasteiger partial charge on any atom is -0.342 e. The fraction of sp³-hybridized carbons (Fsp3) is 0.471. The van der Waals surface area contributed by atoms with Crippen LogP contribution < -0.4 is 5.32 Å². The number of carbonyl (C=O) groups is 2. The SMILES string of the molecule is CCCCN1CC(C(=O)Nc2nc3ccc(C)cc3s2)CC1=O. The summed E-state index contributed by atoms with van der Waals surface area (Å²) in [6.45, 7) is 5.40. The molecule has 2 aromatic rings. The number of aryl methyl sites for hydroxylation is 1. The number of nitrogens with one attached hydrogen (secondary N) is 1. The predicted molar refractivity (Wildman–Crippen MR) is 92.6 cm³/mol. The van der Waals surface area contributed by atoms with Crippen LogP contribution >= 0.6 is 11.3 Å². The molecule has 5 nitrogen and oxygen atoms in total. The third kappa shape index (κ3) is 3.52. The molecule has 0 bridgehead atoms. The van der Waals surface area contributed by atoms with Gasteiger partial charge in [-0.3, -0.25) is 9.59 Å². The Hall–Kier alpha value is -1.95. The molecule has 3 rings (SSSR count). The maximum atomic E-state index is 12.4. The molecule has 0 spiro atoms. The molecule has 1 aliphatic heterocycles. The fourth-order valence-electron chi connectivity index (χ4n) is 2.81. The fourth-order valence-corrected chi connectivity index (χ4v) is 3.77. The van der Waals surface area contributed by atoms with E-state index in [0.717, 1.165) is 29.6 Å². The second-order valence-electron chi connectivity index (χ2n) is 6.07. The van der Waals surface area contributed by atoms with Gasteiger partial charge in [-0.15, -0.1) is 0 Å². The van der Waals surface area contributed by atoms with E-state index < -0.39 is 0 Å². The van der Waals surface area contributed by atoms with Crippen LogP contribution in [0.25, 0.3) is 10.2 Å². The van der Waals surface area contributed by atoms with Crippen molar-refractivity contribution in [2.75, 3.05) is 18.4 Å². The molecule has 0 aliphatic carbocycles. The summed E-state index contributed by atoms with van der Waals surface area (Å²) >= 11 is 1.47. The smallest absolute Gasteiger partial charge is 0.231 e. The highest BCUT2D eigenvalue weighted by Gasteiger charge is 2.34. The van der Waals surface area contributed by atoms with E-state index in [9.17, 15) is 9.59 Å². The lowest BCUT2D eigenvalue weighted by atomic mass is 10.1. The normalized spacial score (nSPS) is 17.9. The second kappa shape index (κ2) is 6.66. The van der Waals surface area contributed by atoms with Crippen LogP contribution in [-0.2, 0) is 9.59 Å². The van der Waals surface area contributed by atoms with E-state index in [2.05, 4.69) is 23.3 Å². The van der Waals surface area contributed by atoms with Crippen molar-refractivity contribution >= 4 is 38.5 Å². The van der Waals surface area contributed by atoms with Gasteiger partial charge in [0.05, 0.1) is 16.1 Å². The molecule has 2 heterocycles. The first kappa shape index (κ1) is 15.9. The van der Waals surface area contributed by atoms with Crippen molar-refractivity contribution in [3.05, 3.63) is 23.8 Å². The summed E-state index contributed by atoms with van der Waals surface area (Å²) in [5.74, 6) is -0.292. The van der Waals surface area contributed by atoms with Gasteiger partial charge in [-0.2, -0.15) is 0 Å². The zero-order chi connectivity index (χ0) is 16.4. The maximum absolute atomic E-state index is 12.4. The molecule has 122 valence electrons. The number of hydrogen-bond acceptors (Lipinski definition) is 4. The molecule has 2 amide bonds. The number of thiazole rings is 1. The highest BCUT2D eigenvalue weighted by atomic mass is 32.1. The van der Waals surface area contributed by atoms with Crippen LogP contribution in [-0.4, -0.2) is 34.8 Å². The lowest BCUT2D eigenvalue weighted by Crippen LogP contribution is -2.29. The van der Waals surface area contributed by atoms with E-state index >= 15 is 0 Å². The van der Waals surface area contributed by atoms with Crippen molar-refractivity contribution in [2.24, 2.45) is 5.92 Å². The Labute approximate surface area is 139 Å². The first-order chi connectivity index (χ1) is 11.1. The van der Waals surface area contributed by atoms with E-state index in [-0.39, 0.29) is 17.7 Å². The standard InChI is InChI=1S/C17H21N3O2S/c1-3-4-7-20-10-12(9-15(20)21)16(22)19-17-18-13-6-5-11(2)8-14(13)23-17/h5-6,8,12H,3-4,7,9-10H2,1-2H3,(H,18,19,22). The summed E-state index contributed by atoms with van der Waals surface area (Å²) in [7, 11) is 0. The van der Waals surface area contributed by atoms with Crippen molar-refractivity contribution in [3.63, 3.8) is 0 Å². The van der Waals surface area contributed by atoms with Gasteiger partial charge in [0.1, 0.15) is 0 Å². The molecule has 1 fully saturated rings. The molecular formula is C17H21N3O2S. The Kier molecular flexibility index (Phi) is 4.61. The lowest BCUT2D eigenvalue weighted by molar-refractivity contribution is -0.128. The minimum absolute atomic E-state index is 0.0820. The van der Waals surface area contributed by atoms with Gasteiger partial charge >= 0.3 is 0 Å². The number of nitrogens with zero attached hydrogens (tertiary/aromatic N) is 2. The number of hydrogen-bond donors (Lipinski definition) is 1. The summed E-state index contributed by atoms with van der Waals surface area (Å²) < 4.78 is 1.06. The average molecular weight is 331 g/mol. The molecule has 0 radical (unpaired) electrons. The Morgan fingerprint density at radius 3 is 3.09 bits per heavy atom. The molecule has 1 saturated heterocycles. The number of aromatic nitrogens is 1. The predicted octanol–water partition coefficient (Wildman–Crippen LogP) is 3.19. The number of anilines is 1. The minimum atomic E-state index is -0.270. The van der Waals surface area contributed by atoms with E-state index in [1.807, 2.05) is 19.1 Å². The summed E-state index contributed by atoms with van der Waals surface area (Å²) in [6, 6.07) is 6.03. The van der Waals surface area contributed by atoms with Crippen LogP contribution in [0.5, 0.6) is 0 Å². The molecule has 1 unspecified atom stereocenters. The van der Waals surface area contributed by atoms with Gasteiger partial charge in [0, 0.05) is 19.5 Å². The zero-order valence-corrected chi connectivity index (χ0v) is 14.3. The van der Waals surface area contributed by atoms with Crippen molar-refractivity contribution < 1.29 is 9.59 Å². The highest BCUT2D eigenvalue weighted by Crippen LogP contribution is 2.28. The van der Waals surface area contributed by atoms with Gasteiger partial charge in [0.15, 0.2) is 5.13 Å². The van der Waals surface area contributed by atoms with Gasteiger partial charge in [0.25, 0.3) is 0 Å². The molecule has 1 aromatic heterocycles. The monoisotopic (exact) mass is 331 g/mol. The summed E-state index contributed by atoms with van der Waals surface area (Å²) in [6.07, 6.45) is 2.34. The van der Waals surface area contributed by atoms with Crippen LogP contribution in [0.15, 0.2) is 18.2 Å². The van der Waals surface area contributed by atoms with Gasteiger partial charge in [0.2, 0.25) is 11.8 Å². The molecule has 1 N–H and O–H groups in total. The second-order valence-corrected chi connectivity index (χ2v) is 7.10. The third-order valence-electron chi connectivity index (χ3n) is 4.14. The topological polar surface area (TPSA) is 62.3 Å². The first-order valence-electron chi connectivity index (χ1n) is 8.02. The molecule has 0 saturated carbocycles. The molecular weight excluding hydrogens is 310 g/mol. The quantitative estimate of drug-likeness (QED) is 0.915. The number of likely N-dealkylation sites (tertiary alicyclic amines) is 1. The van der Waals surface area contributed by atoms with Crippen molar-refractivity contribution in [1.29, 1.82) is 0 Å². The molecule has 23 heavy (non-hydrogen) atoms. The van der Waals surface area contributed by atoms with Crippen LogP contribution in [0, 0.1) is 12.8 Å². The van der Waals surface area contributed by atoms with Gasteiger partial charge in [-0.25, -0.2) is 4.98 Å². The Morgan fingerprint density at radius 2 is 2.30 bits per heavy atom. The van der Waals surface area contributed by atoms with Gasteiger partial charge in [-0.05, 0) is 31.0 Å². The summed E-state index contributed by atoms with van der Waals surface area (Å²) in [5.41, 5.74) is 2.06. The number of benzene rings is 1. The van der Waals surface area contributed by atoms with Crippen LogP contribution in [0.1, 0.15) is 31.7 Å². The third-order valence-corrected chi connectivity index (χ3v) is 5.07. The van der Waals surface area contributed by atoms with E-state index in [4.69, 9.17) is 0 Å². The largest absolute Gasteiger partial charge is 0.342 e. The van der Waals surface area contributed by atoms with Crippen LogP contribution in [0.4, 0.5) is 5.13 Å². The summed E-state index contributed by atoms with van der Waals surface area (Å²) in [4.78, 5) is 30.6. The van der Waals surface area contributed by atoms with Gasteiger partial charge in [-0.1, -0.05) is 30.7 Å². The number of amides is 2. The summed E-state index contributed by atoms with van der Waals surface area (Å²) in [5, 5.41) is 3.49. The molecule has 1 atom stereocenters. The Balaban J connectivity index is 1.65. The zero-order valence-electron chi connectivity index (χ0n) is 13.5. The van der Waals surface area contributed by atoms with Crippen molar-refractivity contribution in [3.8, 4) is 0 Å². The lowest BCUT2D eigenvalue weighted by Gasteiger charge is -2.15. The highest BCUT2D eigenvalue weighted by molar-refractivity contribution is 7.22.